The minimum atomic E-state index is 0.0392. The molecule has 8 nitrogen and oxygen atoms in total. The zero-order valence-corrected chi connectivity index (χ0v) is 18.0. The molecule has 2 fully saturated rings. The predicted molar refractivity (Wildman–Crippen MR) is 115 cm³/mol. The van der Waals surface area contributed by atoms with E-state index in [2.05, 4.69) is 24.9 Å². The zero-order chi connectivity index (χ0) is 20.7. The van der Waals surface area contributed by atoms with Gasteiger partial charge >= 0.3 is 0 Å². The molecule has 0 bridgehead atoms. The van der Waals surface area contributed by atoms with Crippen LogP contribution >= 0.6 is 0 Å². The third-order valence-electron chi connectivity index (χ3n) is 6.90. The number of rotatable bonds is 4. The molecule has 0 atom stereocenters. The van der Waals surface area contributed by atoms with Gasteiger partial charge in [0.2, 0.25) is 0 Å². The number of aromatic nitrogens is 4. The first-order valence-electron chi connectivity index (χ1n) is 11.3. The van der Waals surface area contributed by atoms with Gasteiger partial charge in [-0.05, 0) is 39.2 Å². The molecule has 5 rings (SSSR count). The number of anilines is 1. The summed E-state index contributed by atoms with van der Waals surface area (Å²) in [5, 5.41) is 4.43. The predicted octanol–water partition coefficient (Wildman–Crippen LogP) is 1.87. The highest BCUT2D eigenvalue weighted by Crippen LogP contribution is 2.29. The van der Waals surface area contributed by atoms with E-state index in [0.717, 1.165) is 55.8 Å². The fraction of sp³-hybridized carbons (Fsp3) is 0.636. The Bertz CT molecular complexity index is 928. The van der Waals surface area contributed by atoms with Crippen LogP contribution in [-0.4, -0.2) is 74.2 Å². The van der Waals surface area contributed by atoms with Gasteiger partial charge in [0, 0.05) is 50.9 Å². The Hall–Kier alpha value is -2.48. The van der Waals surface area contributed by atoms with Crippen molar-refractivity contribution in [3.63, 3.8) is 0 Å². The molecule has 2 aliphatic heterocycles. The van der Waals surface area contributed by atoms with Crippen molar-refractivity contribution in [1.29, 1.82) is 0 Å². The summed E-state index contributed by atoms with van der Waals surface area (Å²) in [4.78, 5) is 29.3. The summed E-state index contributed by atoms with van der Waals surface area (Å²) in [6.45, 7) is 10.2. The maximum Gasteiger partial charge on any atom is 0.272 e. The van der Waals surface area contributed by atoms with Crippen molar-refractivity contribution < 1.29 is 4.79 Å². The molecular weight excluding hydrogens is 378 g/mol. The molecule has 2 aromatic rings. The minimum Gasteiger partial charge on any atom is -0.354 e. The standard InChI is InChI=1S/C22H31N7O/c1-3-29-20(13-16(2)25-29)22(30)28-8-7-18-19(14-28)23-15-24-21(18)27-11-9-26(10-12-27)17-5-4-6-17/h13,15,17H,3-12,14H2,1-2H3. The molecule has 0 radical (unpaired) electrons. The lowest BCUT2D eigenvalue weighted by molar-refractivity contribution is 0.0719. The molecule has 0 spiro atoms. The maximum absolute atomic E-state index is 13.1. The minimum absolute atomic E-state index is 0.0392. The number of amides is 1. The van der Waals surface area contributed by atoms with Crippen molar-refractivity contribution in [2.24, 2.45) is 0 Å². The van der Waals surface area contributed by atoms with E-state index < -0.39 is 0 Å². The van der Waals surface area contributed by atoms with Crippen LogP contribution in [0.15, 0.2) is 12.4 Å². The van der Waals surface area contributed by atoms with Crippen molar-refractivity contribution >= 4 is 11.7 Å². The molecule has 1 saturated carbocycles. The van der Waals surface area contributed by atoms with Gasteiger partial charge in [-0.15, -0.1) is 0 Å². The van der Waals surface area contributed by atoms with Crippen molar-refractivity contribution in [2.75, 3.05) is 37.6 Å². The number of carbonyl (C=O) groups excluding carboxylic acids is 1. The van der Waals surface area contributed by atoms with Crippen LogP contribution in [0.2, 0.25) is 0 Å². The molecule has 1 aliphatic carbocycles. The number of fused-ring (bicyclic) bond motifs is 1. The summed E-state index contributed by atoms with van der Waals surface area (Å²) in [7, 11) is 0. The molecule has 3 aliphatic rings. The summed E-state index contributed by atoms with van der Waals surface area (Å²) in [6.07, 6.45) is 6.59. The molecular formula is C22H31N7O. The summed E-state index contributed by atoms with van der Waals surface area (Å²) in [5.41, 5.74) is 3.75. The fourth-order valence-electron chi connectivity index (χ4n) is 4.95. The van der Waals surface area contributed by atoms with Crippen molar-refractivity contribution in [3.05, 3.63) is 35.0 Å². The summed E-state index contributed by atoms with van der Waals surface area (Å²) >= 11 is 0. The van der Waals surface area contributed by atoms with E-state index in [1.165, 1.54) is 24.8 Å². The first-order chi connectivity index (χ1) is 14.6. The largest absolute Gasteiger partial charge is 0.354 e. The van der Waals surface area contributed by atoms with Crippen molar-refractivity contribution in [3.8, 4) is 0 Å². The van der Waals surface area contributed by atoms with Crippen LogP contribution in [0.25, 0.3) is 0 Å². The molecule has 1 amide bonds. The van der Waals surface area contributed by atoms with Crippen LogP contribution < -0.4 is 4.90 Å². The smallest absolute Gasteiger partial charge is 0.272 e. The van der Waals surface area contributed by atoms with Gasteiger partial charge in [-0.1, -0.05) is 6.42 Å². The number of aryl methyl sites for hydroxylation is 2. The second kappa shape index (κ2) is 7.98. The second-order valence-electron chi connectivity index (χ2n) is 8.69. The molecule has 160 valence electrons. The summed E-state index contributed by atoms with van der Waals surface area (Å²) < 4.78 is 1.79. The summed E-state index contributed by atoms with van der Waals surface area (Å²) in [5.74, 6) is 1.12. The third kappa shape index (κ3) is 3.47. The SMILES string of the molecule is CCn1nc(C)cc1C(=O)N1CCc2c(ncnc2N2CCN(C3CCC3)CC2)C1. The number of hydrogen-bond acceptors (Lipinski definition) is 6. The third-order valence-corrected chi connectivity index (χ3v) is 6.90. The number of hydrogen-bond donors (Lipinski definition) is 0. The lowest BCUT2D eigenvalue weighted by atomic mass is 9.91. The molecule has 2 aromatic heterocycles. The Labute approximate surface area is 177 Å². The Balaban J connectivity index is 1.30. The average molecular weight is 410 g/mol. The first kappa shape index (κ1) is 19.5. The van der Waals surface area contributed by atoms with Crippen LogP contribution in [-0.2, 0) is 19.5 Å². The Kier molecular flexibility index (Phi) is 5.18. The number of nitrogens with zero attached hydrogens (tertiary/aromatic N) is 7. The van der Waals surface area contributed by atoms with Gasteiger partial charge in [-0.25, -0.2) is 9.97 Å². The molecule has 1 saturated heterocycles. The van der Waals surface area contributed by atoms with E-state index in [4.69, 9.17) is 0 Å². The van der Waals surface area contributed by atoms with Gasteiger partial charge < -0.3 is 9.80 Å². The van der Waals surface area contributed by atoms with Gasteiger partial charge in [0.1, 0.15) is 17.8 Å². The van der Waals surface area contributed by atoms with E-state index in [0.29, 0.717) is 25.3 Å². The van der Waals surface area contributed by atoms with Crippen LogP contribution in [0, 0.1) is 6.92 Å². The second-order valence-corrected chi connectivity index (χ2v) is 8.69. The van der Waals surface area contributed by atoms with Gasteiger partial charge in [0.25, 0.3) is 5.91 Å². The highest BCUT2D eigenvalue weighted by molar-refractivity contribution is 5.93. The van der Waals surface area contributed by atoms with Crippen LogP contribution in [0.4, 0.5) is 5.82 Å². The molecule has 0 aromatic carbocycles. The molecule has 30 heavy (non-hydrogen) atoms. The van der Waals surface area contributed by atoms with E-state index in [1.807, 2.05) is 24.8 Å². The Morgan fingerprint density at radius 1 is 1.13 bits per heavy atom. The first-order valence-corrected chi connectivity index (χ1v) is 11.3. The highest BCUT2D eigenvalue weighted by Gasteiger charge is 2.31. The monoisotopic (exact) mass is 409 g/mol. The molecule has 0 N–H and O–H groups in total. The topological polar surface area (TPSA) is 70.4 Å². The van der Waals surface area contributed by atoms with Gasteiger partial charge in [0.15, 0.2) is 0 Å². The number of piperazine rings is 1. The molecule has 0 unspecified atom stereocenters. The van der Waals surface area contributed by atoms with Gasteiger partial charge in [0.05, 0.1) is 17.9 Å². The highest BCUT2D eigenvalue weighted by atomic mass is 16.2. The van der Waals surface area contributed by atoms with Crippen molar-refractivity contribution in [1.82, 2.24) is 29.5 Å². The zero-order valence-electron chi connectivity index (χ0n) is 18.0. The van der Waals surface area contributed by atoms with Crippen LogP contribution in [0.1, 0.15) is 53.6 Å². The average Bonchev–Trinajstić information content (AvgIpc) is 3.12. The molecule has 4 heterocycles. The lowest BCUT2D eigenvalue weighted by Gasteiger charge is -2.43. The van der Waals surface area contributed by atoms with E-state index in [9.17, 15) is 4.79 Å². The normalized spacial score (nSPS) is 20.2. The van der Waals surface area contributed by atoms with Crippen LogP contribution in [0.5, 0.6) is 0 Å². The van der Waals surface area contributed by atoms with E-state index >= 15 is 0 Å². The van der Waals surface area contributed by atoms with Gasteiger partial charge in [-0.2, -0.15) is 5.10 Å². The van der Waals surface area contributed by atoms with Crippen LogP contribution in [0.3, 0.4) is 0 Å². The Morgan fingerprint density at radius 2 is 1.93 bits per heavy atom. The van der Waals surface area contributed by atoms with Gasteiger partial charge in [-0.3, -0.25) is 14.4 Å². The fourth-order valence-corrected chi connectivity index (χ4v) is 4.95. The number of carbonyl (C=O) groups is 1. The van der Waals surface area contributed by atoms with E-state index in [-0.39, 0.29) is 5.91 Å². The van der Waals surface area contributed by atoms with E-state index in [1.54, 1.807) is 11.0 Å². The molecule has 8 heteroatoms. The van der Waals surface area contributed by atoms with Crippen molar-refractivity contribution in [2.45, 2.75) is 58.7 Å². The maximum atomic E-state index is 13.1. The Morgan fingerprint density at radius 3 is 2.63 bits per heavy atom. The quantitative estimate of drug-likeness (QED) is 0.768. The lowest BCUT2D eigenvalue weighted by Crippen LogP contribution is -2.52. The summed E-state index contributed by atoms with van der Waals surface area (Å²) in [6, 6.07) is 2.69.